The van der Waals surface area contributed by atoms with E-state index in [9.17, 15) is 4.79 Å². The molecule has 35 heavy (non-hydrogen) atoms. The zero-order chi connectivity index (χ0) is 24.2. The molecule has 0 atom stereocenters. The first kappa shape index (κ1) is 23.3. The molecule has 182 valence electrons. The van der Waals surface area contributed by atoms with Crippen LogP contribution in [-0.4, -0.2) is 68.3 Å². The average Bonchev–Trinajstić information content (AvgIpc) is 2.91. The van der Waals surface area contributed by atoms with E-state index in [1.165, 1.54) is 11.8 Å². The van der Waals surface area contributed by atoms with Crippen LogP contribution in [0.5, 0.6) is 11.5 Å². The Morgan fingerprint density at radius 2 is 1.77 bits per heavy atom. The summed E-state index contributed by atoms with van der Waals surface area (Å²) in [4.78, 5) is 19.3. The summed E-state index contributed by atoms with van der Waals surface area (Å²) >= 11 is 1.41. The van der Waals surface area contributed by atoms with Crippen molar-refractivity contribution in [1.29, 1.82) is 0 Å². The number of thioether (sulfide) groups is 1. The van der Waals surface area contributed by atoms with Crippen molar-refractivity contribution in [2.24, 2.45) is 0 Å². The summed E-state index contributed by atoms with van der Waals surface area (Å²) in [6, 6.07) is 18.0. The van der Waals surface area contributed by atoms with Gasteiger partial charge in [-0.1, -0.05) is 30.0 Å². The molecule has 0 unspecified atom stereocenters. The smallest absolute Gasteiger partial charge is 0.237 e. The molecule has 2 aromatic carbocycles. The Bertz CT molecular complexity index is 1180. The van der Waals surface area contributed by atoms with Crippen LogP contribution >= 0.6 is 11.8 Å². The minimum Gasteiger partial charge on any atom is -0.495 e. The molecule has 3 aromatic rings. The van der Waals surface area contributed by atoms with Gasteiger partial charge in [0.25, 0.3) is 0 Å². The first-order valence-corrected chi connectivity index (χ1v) is 12.7. The lowest BCUT2D eigenvalue weighted by Gasteiger charge is -2.37. The Labute approximate surface area is 209 Å². The maximum atomic E-state index is 12.9. The molecule has 1 fully saturated rings. The number of ether oxygens (including phenoxy) is 2. The third-order valence-corrected chi connectivity index (χ3v) is 7.18. The first-order chi connectivity index (χ1) is 17.1. The summed E-state index contributed by atoms with van der Waals surface area (Å²) in [5.74, 6) is 2.86. The molecule has 0 aliphatic carbocycles. The van der Waals surface area contributed by atoms with Crippen molar-refractivity contribution in [1.82, 2.24) is 10.2 Å². The number of piperazine rings is 1. The Balaban J connectivity index is 1.16. The molecule has 0 bridgehead atoms. The largest absolute Gasteiger partial charge is 0.495 e. The van der Waals surface area contributed by atoms with Gasteiger partial charge in [0.05, 0.1) is 30.8 Å². The zero-order valence-electron chi connectivity index (χ0n) is 20.0. The van der Waals surface area contributed by atoms with Crippen molar-refractivity contribution in [3.05, 3.63) is 60.2 Å². The Hall–Kier alpha value is -3.46. The highest BCUT2D eigenvalue weighted by Crippen LogP contribution is 2.33. The van der Waals surface area contributed by atoms with E-state index in [0.717, 1.165) is 65.5 Å². The van der Waals surface area contributed by atoms with Gasteiger partial charge in [-0.2, -0.15) is 0 Å². The predicted octanol–water partition coefficient (Wildman–Crippen LogP) is 3.64. The average molecular weight is 492 g/mol. The Morgan fingerprint density at radius 3 is 2.54 bits per heavy atom. The van der Waals surface area contributed by atoms with Crippen molar-refractivity contribution < 1.29 is 14.3 Å². The van der Waals surface area contributed by atoms with Crippen LogP contribution in [0.15, 0.2) is 59.6 Å². The quantitative estimate of drug-likeness (QED) is 0.484. The standard InChI is InChI=1S/C26H29N5O3S/c1-19-7-8-23-21(17-19)31(15-16-34-23)26(32)18-35-25-10-9-24(27-28-25)30-13-11-29(12-14-30)20-5-3-4-6-22(20)33-2/h3-10,17H,11-16,18H2,1-2H3. The normalized spacial score (nSPS) is 15.4. The number of amides is 1. The number of hydrogen-bond donors (Lipinski definition) is 0. The van der Waals surface area contributed by atoms with Gasteiger partial charge in [0.15, 0.2) is 5.82 Å². The minimum atomic E-state index is 0.0449. The number of nitrogens with zero attached hydrogens (tertiary/aromatic N) is 5. The second-order valence-corrected chi connectivity index (χ2v) is 9.53. The molecular formula is C26H29N5O3S. The third-order valence-electron chi connectivity index (χ3n) is 6.28. The number of aromatic nitrogens is 2. The summed E-state index contributed by atoms with van der Waals surface area (Å²) in [5, 5.41) is 9.56. The SMILES string of the molecule is COc1ccccc1N1CCN(c2ccc(SCC(=O)N3CCOc4ccc(C)cc43)nn2)CC1. The number of carbonyl (C=O) groups is 1. The number of benzene rings is 2. The van der Waals surface area contributed by atoms with E-state index >= 15 is 0 Å². The van der Waals surface area contributed by atoms with E-state index in [0.29, 0.717) is 18.9 Å². The monoisotopic (exact) mass is 491 g/mol. The van der Waals surface area contributed by atoms with Gasteiger partial charge in [-0.3, -0.25) is 4.79 Å². The summed E-state index contributed by atoms with van der Waals surface area (Å²) in [5.41, 5.74) is 3.07. The molecule has 2 aliphatic rings. The van der Waals surface area contributed by atoms with Gasteiger partial charge in [0.1, 0.15) is 23.1 Å². The van der Waals surface area contributed by atoms with Crippen LogP contribution in [0.4, 0.5) is 17.2 Å². The van der Waals surface area contributed by atoms with Crippen LogP contribution in [0.2, 0.25) is 0 Å². The third kappa shape index (κ3) is 5.14. The second kappa shape index (κ2) is 10.4. The lowest BCUT2D eigenvalue weighted by Crippen LogP contribution is -2.47. The molecule has 9 heteroatoms. The molecule has 8 nitrogen and oxygen atoms in total. The van der Waals surface area contributed by atoms with E-state index in [-0.39, 0.29) is 5.91 Å². The maximum absolute atomic E-state index is 12.9. The van der Waals surface area contributed by atoms with Gasteiger partial charge in [-0.15, -0.1) is 10.2 Å². The Kier molecular flexibility index (Phi) is 6.94. The molecule has 1 aromatic heterocycles. The minimum absolute atomic E-state index is 0.0449. The van der Waals surface area contributed by atoms with Gasteiger partial charge in [-0.25, -0.2) is 0 Å². The number of carbonyl (C=O) groups excluding carboxylic acids is 1. The number of aryl methyl sites for hydroxylation is 1. The van der Waals surface area contributed by atoms with Crippen LogP contribution in [0, 0.1) is 6.92 Å². The van der Waals surface area contributed by atoms with Crippen molar-refractivity contribution in [3.63, 3.8) is 0 Å². The number of fused-ring (bicyclic) bond motifs is 1. The molecular weight excluding hydrogens is 462 g/mol. The van der Waals surface area contributed by atoms with Crippen LogP contribution in [0.3, 0.4) is 0 Å². The lowest BCUT2D eigenvalue weighted by atomic mass is 10.1. The van der Waals surface area contributed by atoms with Gasteiger partial charge >= 0.3 is 0 Å². The number of rotatable bonds is 6. The van der Waals surface area contributed by atoms with Crippen molar-refractivity contribution in [2.75, 3.05) is 66.9 Å². The highest BCUT2D eigenvalue weighted by molar-refractivity contribution is 7.99. The van der Waals surface area contributed by atoms with Gasteiger partial charge in [0.2, 0.25) is 5.91 Å². The topological polar surface area (TPSA) is 71.0 Å². The van der Waals surface area contributed by atoms with Gasteiger partial charge in [-0.05, 0) is 48.9 Å². The van der Waals surface area contributed by atoms with E-state index in [2.05, 4.69) is 26.1 Å². The molecule has 0 spiro atoms. The zero-order valence-corrected chi connectivity index (χ0v) is 20.8. The molecule has 1 amide bonds. The number of anilines is 3. The number of hydrogen-bond acceptors (Lipinski definition) is 8. The lowest BCUT2D eigenvalue weighted by molar-refractivity contribution is -0.116. The van der Waals surface area contributed by atoms with E-state index in [1.54, 1.807) is 7.11 Å². The Morgan fingerprint density at radius 1 is 0.971 bits per heavy atom. The van der Waals surface area contributed by atoms with Crippen LogP contribution < -0.4 is 24.2 Å². The van der Waals surface area contributed by atoms with Crippen LogP contribution in [-0.2, 0) is 4.79 Å². The van der Waals surface area contributed by atoms with E-state index < -0.39 is 0 Å². The molecule has 0 radical (unpaired) electrons. The van der Waals surface area contributed by atoms with Crippen molar-refractivity contribution in [3.8, 4) is 11.5 Å². The maximum Gasteiger partial charge on any atom is 0.237 e. The van der Waals surface area contributed by atoms with Gasteiger partial charge in [0, 0.05) is 26.2 Å². The fraction of sp³-hybridized carbons (Fsp3) is 0.346. The molecule has 3 heterocycles. The van der Waals surface area contributed by atoms with Crippen LogP contribution in [0.1, 0.15) is 5.56 Å². The van der Waals surface area contributed by atoms with Crippen molar-refractivity contribution >= 4 is 34.9 Å². The van der Waals surface area contributed by atoms with E-state index in [1.807, 2.05) is 60.4 Å². The summed E-state index contributed by atoms with van der Waals surface area (Å²) in [7, 11) is 1.71. The summed E-state index contributed by atoms with van der Waals surface area (Å²) < 4.78 is 11.2. The molecule has 0 saturated carbocycles. The highest BCUT2D eigenvalue weighted by Gasteiger charge is 2.24. The predicted molar refractivity (Wildman–Crippen MR) is 139 cm³/mol. The number of methoxy groups -OCH3 is 1. The fourth-order valence-corrected chi connectivity index (χ4v) is 5.12. The molecule has 0 N–H and O–H groups in total. The summed E-state index contributed by atoms with van der Waals surface area (Å²) in [6.07, 6.45) is 0. The fourth-order valence-electron chi connectivity index (χ4n) is 4.43. The second-order valence-electron chi connectivity index (χ2n) is 8.53. The van der Waals surface area contributed by atoms with Gasteiger partial charge < -0.3 is 24.2 Å². The van der Waals surface area contributed by atoms with Crippen molar-refractivity contribution in [2.45, 2.75) is 11.9 Å². The molecule has 5 rings (SSSR count). The highest BCUT2D eigenvalue weighted by atomic mass is 32.2. The first-order valence-electron chi connectivity index (χ1n) is 11.8. The van der Waals surface area contributed by atoms with Crippen LogP contribution in [0.25, 0.3) is 0 Å². The van der Waals surface area contributed by atoms with E-state index in [4.69, 9.17) is 9.47 Å². The number of para-hydroxylation sites is 2. The summed E-state index contributed by atoms with van der Waals surface area (Å²) in [6.45, 7) is 6.55. The molecule has 2 aliphatic heterocycles. The molecule has 1 saturated heterocycles.